The summed E-state index contributed by atoms with van der Waals surface area (Å²) in [6, 6.07) is 6.03. The Kier molecular flexibility index (Phi) is 5.43. The molecule has 0 aliphatic rings. The summed E-state index contributed by atoms with van der Waals surface area (Å²) >= 11 is 0. The van der Waals surface area contributed by atoms with Crippen molar-refractivity contribution in [1.82, 2.24) is 0 Å². The molecule has 1 aromatic rings. The van der Waals surface area contributed by atoms with Crippen molar-refractivity contribution in [3.63, 3.8) is 0 Å². The Bertz CT molecular complexity index is 337. The van der Waals surface area contributed by atoms with Crippen LogP contribution in [0.3, 0.4) is 0 Å². The maximum absolute atomic E-state index is 5.48. The van der Waals surface area contributed by atoms with Gasteiger partial charge in [-0.05, 0) is 25.1 Å². The minimum atomic E-state index is 0.497. The lowest BCUT2D eigenvalue weighted by molar-refractivity contribution is -0.667. The van der Waals surface area contributed by atoms with E-state index in [9.17, 15) is 0 Å². The summed E-state index contributed by atoms with van der Waals surface area (Å²) in [4.78, 5) is 0. The van der Waals surface area contributed by atoms with Gasteiger partial charge < -0.3 is 14.8 Å². The molecule has 0 unspecified atom stereocenters. The van der Waals surface area contributed by atoms with E-state index in [0.29, 0.717) is 6.61 Å². The molecule has 2 N–H and O–H groups in total. The smallest absolute Gasteiger partial charge is 0.161 e. The molecule has 0 saturated carbocycles. The molecule has 3 heteroatoms. The van der Waals surface area contributed by atoms with Gasteiger partial charge in [-0.2, -0.15) is 0 Å². The van der Waals surface area contributed by atoms with E-state index in [-0.39, 0.29) is 0 Å². The van der Waals surface area contributed by atoms with Gasteiger partial charge in [0.25, 0.3) is 0 Å². The van der Waals surface area contributed by atoms with Crippen LogP contribution in [0.5, 0.6) is 11.5 Å². The fourth-order valence-corrected chi connectivity index (χ4v) is 1.42. The minimum absolute atomic E-state index is 0.497. The Morgan fingerprint density at radius 1 is 1.38 bits per heavy atom. The van der Waals surface area contributed by atoms with Crippen molar-refractivity contribution < 1.29 is 14.8 Å². The molecule has 0 saturated heterocycles. The van der Waals surface area contributed by atoms with E-state index >= 15 is 0 Å². The van der Waals surface area contributed by atoms with Gasteiger partial charge in [-0.25, -0.2) is 0 Å². The van der Waals surface area contributed by atoms with Crippen LogP contribution >= 0.6 is 0 Å². The number of methoxy groups -OCH3 is 1. The van der Waals surface area contributed by atoms with E-state index in [4.69, 9.17) is 9.47 Å². The minimum Gasteiger partial charge on any atom is -0.493 e. The van der Waals surface area contributed by atoms with Crippen LogP contribution in [0.2, 0.25) is 0 Å². The van der Waals surface area contributed by atoms with Crippen molar-refractivity contribution in [3.8, 4) is 11.5 Å². The van der Waals surface area contributed by atoms with Gasteiger partial charge in [-0.15, -0.1) is 0 Å². The second-order valence-electron chi connectivity index (χ2n) is 3.49. The molecule has 1 aromatic carbocycles. The first-order valence-electron chi connectivity index (χ1n) is 5.54. The van der Waals surface area contributed by atoms with Crippen LogP contribution in [0.1, 0.15) is 12.5 Å². The Hall–Kier alpha value is -1.48. The van der Waals surface area contributed by atoms with Crippen LogP contribution in [0.4, 0.5) is 0 Å². The molecule has 1 rings (SSSR count). The standard InChI is InChI=1S/C13H19NO2/c1-4-8-16-12-7-6-11(10-14-5-2)9-13(12)15-3/h4,6-7,9,14H,1,5,8,10H2,2-3H3/p+1. The van der Waals surface area contributed by atoms with Crippen molar-refractivity contribution >= 4 is 0 Å². The topological polar surface area (TPSA) is 35.1 Å². The average molecular weight is 222 g/mol. The number of benzene rings is 1. The number of nitrogens with two attached hydrogens (primary N) is 1. The molecule has 88 valence electrons. The fourth-order valence-electron chi connectivity index (χ4n) is 1.42. The molecule has 0 aliphatic heterocycles. The molecule has 0 fully saturated rings. The Labute approximate surface area is 97.1 Å². The monoisotopic (exact) mass is 222 g/mol. The molecule has 0 radical (unpaired) electrons. The Morgan fingerprint density at radius 2 is 2.19 bits per heavy atom. The van der Waals surface area contributed by atoms with Gasteiger partial charge in [0.15, 0.2) is 11.5 Å². The lowest BCUT2D eigenvalue weighted by Gasteiger charge is -2.10. The number of quaternary nitrogens is 1. The first-order valence-corrected chi connectivity index (χ1v) is 5.54. The van der Waals surface area contributed by atoms with Crippen LogP contribution in [0.15, 0.2) is 30.9 Å². The predicted octanol–water partition coefficient (Wildman–Crippen LogP) is 1.34. The largest absolute Gasteiger partial charge is 0.493 e. The number of hydrogen-bond acceptors (Lipinski definition) is 2. The van der Waals surface area contributed by atoms with Crippen molar-refractivity contribution in [3.05, 3.63) is 36.4 Å². The zero-order chi connectivity index (χ0) is 11.8. The van der Waals surface area contributed by atoms with Crippen LogP contribution in [-0.4, -0.2) is 20.3 Å². The van der Waals surface area contributed by atoms with E-state index in [1.54, 1.807) is 13.2 Å². The molecule has 0 heterocycles. The quantitative estimate of drug-likeness (QED) is 0.707. The lowest BCUT2D eigenvalue weighted by Crippen LogP contribution is -2.81. The molecule has 3 nitrogen and oxygen atoms in total. The van der Waals surface area contributed by atoms with Crippen molar-refractivity contribution in [2.75, 3.05) is 20.3 Å². The van der Waals surface area contributed by atoms with E-state index in [1.807, 2.05) is 12.1 Å². The van der Waals surface area contributed by atoms with Crippen molar-refractivity contribution in [2.45, 2.75) is 13.5 Å². The molecule has 0 spiro atoms. The third-order valence-corrected chi connectivity index (χ3v) is 2.25. The Morgan fingerprint density at radius 3 is 2.81 bits per heavy atom. The number of rotatable bonds is 7. The van der Waals surface area contributed by atoms with Crippen molar-refractivity contribution in [2.24, 2.45) is 0 Å². The van der Waals surface area contributed by atoms with Crippen molar-refractivity contribution in [1.29, 1.82) is 0 Å². The maximum Gasteiger partial charge on any atom is 0.161 e. The summed E-state index contributed by atoms with van der Waals surface area (Å²) < 4.78 is 10.8. The molecule has 16 heavy (non-hydrogen) atoms. The van der Waals surface area contributed by atoms with E-state index in [0.717, 1.165) is 24.6 Å². The highest BCUT2D eigenvalue weighted by molar-refractivity contribution is 5.42. The number of ether oxygens (including phenoxy) is 2. The predicted molar refractivity (Wildman–Crippen MR) is 64.9 cm³/mol. The van der Waals surface area contributed by atoms with Crippen LogP contribution in [0.25, 0.3) is 0 Å². The van der Waals surface area contributed by atoms with E-state index in [1.165, 1.54) is 5.56 Å². The fraction of sp³-hybridized carbons (Fsp3) is 0.385. The third kappa shape index (κ3) is 3.59. The lowest BCUT2D eigenvalue weighted by atomic mass is 10.2. The molecule has 0 atom stereocenters. The zero-order valence-corrected chi connectivity index (χ0v) is 10.0. The SMILES string of the molecule is C=CCOc1ccc(C[NH2+]CC)cc1OC. The third-order valence-electron chi connectivity index (χ3n) is 2.25. The molecule has 0 bridgehead atoms. The average Bonchev–Trinajstić information content (AvgIpc) is 2.34. The molecule has 0 aromatic heterocycles. The van der Waals surface area contributed by atoms with Crippen LogP contribution < -0.4 is 14.8 Å². The zero-order valence-electron chi connectivity index (χ0n) is 10.0. The summed E-state index contributed by atoms with van der Waals surface area (Å²) in [5, 5.41) is 2.24. The van der Waals surface area contributed by atoms with Crippen LogP contribution in [0, 0.1) is 0 Å². The van der Waals surface area contributed by atoms with Gasteiger partial charge in [0.1, 0.15) is 13.2 Å². The summed E-state index contributed by atoms with van der Waals surface area (Å²) in [6.45, 7) is 8.30. The highest BCUT2D eigenvalue weighted by Gasteiger charge is 2.05. The first-order chi connectivity index (χ1) is 7.81. The first kappa shape index (κ1) is 12.6. The second-order valence-corrected chi connectivity index (χ2v) is 3.49. The maximum atomic E-state index is 5.48. The van der Waals surface area contributed by atoms with Gasteiger partial charge in [0.05, 0.1) is 13.7 Å². The second kappa shape index (κ2) is 6.90. The Balaban J connectivity index is 2.75. The van der Waals surface area contributed by atoms with Crippen LogP contribution in [-0.2, 0) is 6.54 Å². The van der Waals surface area contributed by atoms with Gasteiger partial charge >= 0.3 is 0 Å². The van der Waals surface area contributed by atoms with Gasteiger partial charge in [-0.3, -0.25) is 0 Å². The molecule has 0 amide bonds. The van der Waals surface area contributed by atoms with E-state index < -0.39 is 0 Å². The van der Waals surface area contributed by atoms with Gasteiger partial charge in [0.2, 0.25) is 0 Å². The highest BCUT2D eigenvalue weighted by atomic mass is 16.5. The summed E-state index contributed by atoms with van der Waals surface area (Å²) in [5.74, 6) is 1.55. The number of hydrogen-bond donors (Lipinski definition) is 1. The summed E-state index contributed by atoms with van der Waals surface area (Å²) in [6.07, 6.45) is 1.72. The van der Waals surface area contributed by atoms with E-state index in [2.05, 4.69) is 24.9 Å². The highest BCUT2D eigenvalue weighted by Crippen LogP contribution is 2.27. The molecule has 0 aliphatic carbocycles. The summed E-state index contributed by atoms with van der Waals surface area (Å²) in [5.41, 5.74) is 1.24. The molecular formula is C13H20NO2+. The normalized spacial score (nSPS) is 9.88. The van der Waals surface area contributed by atoms with Gasteiger partial charge in [0, 0.05) is 5.56 Å². The molecular weight excluding hydrogens is 202 g/mol. The summed E-state index contributed by atoms with van der Waals surface area (Å²) in [7, 11) is 1.66. The van der Waals surface area contributed by atoms with Gasteiger partial charge in [-0.1, -0.05) is 12.7 Å².